The molecule has 0 aliphatic heterocycles. The van der Waals surface area contributed by atoms with E-state index in [0.717, 1.165) is 5.69 Å². The predicted octanol–water partition coefficient (Wildman–Crippen LogP) is 1.31. The molecule has 0 unspecified atom stereocenters. The van der Waals surface area contributed by atoms with Crippen LogP contribution in [0.2, 0.25) is 0 Å². The molecule has 5 nitrogen and oxygen atoms in total. The first kappa shape index (κ1) is 13.7. The molecule has 1 N–H and O–H groups in total. The maximum Gasteiger partial charge on any atom is 0.255 e. The Hall–Kier alpha value is -1.36. The van der Waals surface area contributed by atoms with Gasteiger partial charge in [0, 0.05) is 25.7 Å². The average molecular weight is 258 g/mol. The molecule has 0 aliphatic rings. The first-order valence-corrected chi connectivity index (χ1v) is 5.78. The lowest BCUT2D eigenvalue weighted by Crippen LogP contribution is -2.25. The molecule has 6 heteroatoms. The zero-order valence-corrected chi connectivity index (χ0v) is 11.0. The molecule has 94 valence electrons. The van der Waals surface area contributed by atoms with Crippen LogP contribution in [0.5, 0.6) is 0 Å². The van der Waals surface area contributed by atoms with Crippen molar-refractivity contribution in [2.24, 2.45) is 7.05 Å². The number of nitrogens with zero attached hydrogens (tertiary/aromatic N) is 2. The number of aryl methyl sites for hydroxylation is 2. The highest BCUT2D eigenvalue weighted by atomic mass is 35.5. The number of rotatable bonds is 5. The number of amides is 1. The molecule has 0 atom stereocenters. The molecule has 1 aromatic heterocycles. The molecule has 17 heavy (non-hydrogen) atoms. The van der Waals surface area contributed by atoms with Gasteiger partial charge < -0.3 is 5.32 Å². The van der Waals surface area contributed by atoms with E-state index in [0.29, 0.717) is 24.2 Å². The van der Waals surface area contributed by atoms with Crippen LogP contribution >= 0.6 is 11.6 Å². The van der Waals surface area contributed by atoms with E-state index >= 15 is 0 Å². The van der Waals surface area contributed by atoms with E-state index in [2.05, 4.69) is 10.4 Å². The molecule has 1 rings (SSSR count). The highest BCUT2D eigenvalue weighted by Gasteiger charge is 2.16. The summed E-state index contributed by atoms with van der Waals surface area (Å²) in [5, 5.41) is 6.53. The Balaban J connectivity index is 2.55. The standard InChI is InChI=1S/C11H16ClN3O2/c1-7-10(8(2)15(3)14-7)11(17)13-6-4-5-9(12)16/h4-6H2,1-3H3,(H,13,17). The van der Waals surface area contributed by atoms with Crippen molar-refractivity contribution in [1.29, 1.82) is 0 Å². The van der Waals surface area contributed by atoms with Gasteiger partial charge in [-0.2, -0.15) is 5.10 Å². The molecule has 0 saturated carbocycles. The van der Waals surface area contributed by atoms with Crippen molar-refractivity contribution in [2.45, 2.75) is 26.7 Å². The van der Waals surface area contributed by atoms with E-state index in [9.17, 15) is 9.59 Å². The van der Waals surface area contributed by atoms with Crippen LogP contribution in [-0.4, -0.2) is 27.5 Å². The minimum absolute atomic E-state index is 0.157. The van der Waals surface area contributed by atoms with Gasteiger partial charge in [0.1, 0.15) is 0 Å². The minimum Gasteiger partial charge on any atom is -0.352 e. The zero-order chi connectivity index (χ0) is 13.0. The Labute approximate surface area is 105 Å². The van der Waals surface area contributed by atoms with E-state index in [1.165, 1.54) is 0 Å². The van der Waals surface area contributed by atoms with E-state index in [1.807, 2.05) is 6.92 Å². The number of hydrogen-bond donors (Lipinski definition) is 1. The summed E-state index contributed by atoms with van der Waals surface area (Å²) in [6.07, 6.45) is 0.819. The third kappa shape index (κ3) is 3.56. The van der Waals surface area contributed by atoms with Crippen LogP contribution in [0.4, 0.5) is 0 Å². The van der Waals surface area contributed by atoms with Gasteiger partial charge in [-0.3, -0.25) is 14.3 Å². The summed E-state index contributed by atoms with van der Waals surface area (Å²) in [4.78, 5) is 22.4. The number of nitrogens with one attached hydrogen (secondary N) is 1. The van der Waals surface area contributed by atoms with Crippen molar-refractivity contribution in [3.05, 3.63) is 17.0 Å². The lowest BCUT2D eigenvalue weighted by atomic mass is 10.2. The average Bonchev–Trinajstić information content (AvgIpc) is 2.48. The molecule has 0 aliphatic carbocycles. The monoisotopic (exact) mass is 257 g/mol. The van der Waals surface area contributed by atoms with Crippen molar-refractivity contribution >= 4 is 22.8 Å². The lowest BCUT2D eigenvalue weighted by molar-refractivity contribution is -0.111. The van der Waals surface area contributed by atoms with Crippen LogP contribution in [0.25, 0.3) is 0 Å². The number of halogens is 1. The van der Waals surface area contributed by atoms with Crippen LogP contribution in [0.1, 0.15) is 34.6 Å². The number of carbonyl (C=O) groups is 2. The fourth-order valence-electron chi connectivity index (χ4n) is 1.62. The third-order valence-corrected chi connectivity index (χ3v) is 2.76. The second-order valence-electron chi connectivity index (χ2n) is 3.88. The van der Waals surface area contributed by atoms with E-state index in [1.54, 1.807) is 18.7 Å². The van der Waals surface area contributed by atoms with Crippen LogP contribution < -0.4 is 5.32 Å². The van der Waals surface area contributed by atoms with Gasteiger partial charge in [0.05, 0.1) is 11.3 Å². The third-order valence-electron chi connectivity index (χ3n) is 2.57. The van der Waals surface area contributed by atoms with Gasteiger partial charge in [-0.1, -0.05) is 0 Å². The Morgan fingerprint density at radius 3 is 2.53 bits per heavy atom. The van der Waals surface area contributed by atoms with Crippen molar-refractivity contribution < 1.29 is 9.59 Å². The molecule has 1 aromatic rings. The second kappa shape index (κ2) is 5.82. The summed E-state index contributed by atoms with van der Waals surface area (Å²) < 4.78 is 1.67. The molecule has 0 bridgehead atoms. The second-order valence-corrected chi connectivity index (χ2v) is 4.31. The number of carbonyl (C=O) groups excluding carboxylic acids is 2. The van der Waals surface area contributed by atoms with Gasteiger partial charge in [-0.15, -0.1) is 0 Å². The van der Waals surface area contributed by atoms with Crippen molar-refractivity contribution in [2.75, 3.05) is 6.54 Å². The Kier molecular flexibility index (Phi) is 4.69. The quantitative estimate of drug-likeness (QED) is 0.639. The number of hydrogen-bond acceptors (Lipinski definition) is 3. The topological polar surface area (TPSA) is 64.0 Å². The summed E-state index contributed by atoms with van der Waals surface area (Å²) in [5.41, 5.74) is 2.13. The van der Waals surface area contributed by atoms with E-state index in [-0.39, 0.29) is 17.6 Å². The molecular formula is C11H16ClN3O2. The summed E-state index contributed by atoms with van der Waals surface area (Å²) in [6.45, 7) is 4.08. The van der Waals surface area contributed by atoms with Crippen molar-refractivity contribution in [3.63, 3.8) is 0 Å². The fraction of sp³-hybridized carbons (Fsp3) is 0.545. The highest BCUT2D eigenvalue weighted by molar-refractivity contribution is 6.63. The van der Waals surface area contributed by atoms with E-state index in [4.69, 9.17) is 11.6 Å². The van der Waals surface area contributed by atoms with Gasteiger partial charge in [0.15, 0.2) is 0 Å². The normalized spacial score (nSPS) is 10.4. The highest BCUT2D eigenvalue weighted by Crippen LogP contribution is 2.11. The van der Waals surface area contributed by atoms with Crippen molar-refractivity contribution in [1.82, 2.24) is 15.1 Å². The van der Waals surface area contributed by atoms with Gasteiger partial charge in [0.2, 0.25) is 5.24 Å². The maximum absolute atomic E-state index is 11.9. The Bertz CT molecular complexity index is 440. The first-order chi connectivity index (χ1) is 7.93. The maximum atomic E-state index is 11.9. The van der Waals surface area contributed by atoms with E-state index < -0.39 is 0 Å². The molecule has 0 aromatic carbocycles. The molecule has 1 amide bonds. The van der Waals surface area contributed by atoms with Crippen LogP contribution in [0, 0.1) is 13.8 Å². The lowest BCUT2D eigenvalue weighted by Gasteiger charge is -2.04. The zero-order valence-electron chi connectivity index (χ0n) is 10.2. The summed E-state index contributed by atoms with van der Waals surface area (Å²) in [6, 6.07) is 0. The molecule has 0 saturated heterocycles. The summed E-state index contributed by atoms with van der Waals surface area (Å²) in [5.74, 6) is -0.157. The Morgan fingerprint density at radius 2 is 2.06 bits per heavy atom. The Morgan fingerprint density at radius 1 is 1.41 bits per heavy atom. The molecular weight excluding hydrogens is 242 g/mol. The van der Waals surface area contributed by atoms with Gasteiger partial charge in [-0.25, -0.2) is 0 Å². The van der Waals surface area contributed by atoms with Crippen LogP contribution in [0.15, 0.2) is 0 Å². The SMILES string of the molecule is Cc1nn(C)c(C)c1C(=O)NCCCC(=O)Cl. The van der Waals surface area contributed by atoms with Gasteiger partial charge in [0.25, 0.3) is 5.91 Å². The van der Waals surface area contributed by atoms with Crippen LogP contribution in [0.3, 0.4) is 0 Å². The molecule has 0 fully saturated rings. The number of aromatic nitrogens is 2. The molecule has 0 spiro atoms. The minimum atomic E-state index is -0.381. The first-order valence-electron chi connectivity index (χ1n) is 5.40. The summed E-state index contributed by atoms with van der Waals surface area (Å²) in [7, 11) is 1.80. The molecule has 0 radical (unpaired) electrons. The van der Waals surface area contributed by atoms with Crippen LogP contribution in [-0.2, 0) is 11.8 Å². The smallest absolute Gasteiger partial charge is 0.255 e. The van der Waals surface area contributed by atoms with Crippen molar-refractivity contribution in [3.8, 4) is 0 Å². The largest absolute Gasteiger partial charge is 0.352 e. The molecule has 1 heterocycles. The van der Waals surface area contributed by atoms with Gasteiger partial charge >= 0.3 is 0 Å². The predicted molar refractivity (Wildman–Crippen MR) is 65.1 cm³/mol. The summed E-state index contributed by atoms with van der Waals surface area (Å²) >= 11 is 5.20. The van der Waals surface area contributed by atoms with Gasteiger partial charge in [-0.05, 0) is 31.9 Å². The fourth-order valence-corrected chi connectivity index (χ4v) is 1.75.